The van der Waals surface area contributed by atoms with Crippen molar-refractivity contribution in [3.63, 3.8) is 0 Å². The molecular formula is C17H21NO3S. The smallest absolute Gasteiger partial charge is 0.223 e. The number of carbonyl (C=O) groups is 1. The van der Waals surface area contributed by atoms with Crippen LogP contribution in [0.5, 0.6) is 5.75 Å². The molecule has 0 fully saturated rings. The van der Waals surface area contributed by atoms with Crippen molar-refractivity contribution in [3.05, 3.63) is 47.9 Å². The maximum absolute atomic E-state index is 12.1. The van der Waals surface area contributed by atoms with E-state index in [9.17, 15) is 4.79 Å². The highest BCUT2D eigenvalue weighted by Gasteiger charge is 2.11. The molecule has 1 amide bonds. The lowest BCUT2D eigenvalue weighted by Gasteiger charge is -2.15. The Hall–Kier alpha value is -1.88. The van der Waals surface area contributed by atoms with Crippen LogP contribution in [0.15, 0.2) is 45.7 Å². The zero-order valence-corrected chi connectivity index (χ0v) is 14.0. The second kappa shape index (κ2) is 7.94. The molecule has 0 atom stereocenters. The van der Waals surface area contributed by atoms with Gasteiger partial charge in [0.2, 0.25) is 5.91 Å². The van der Waals surface area contributed by atoms with Gasteiger partial charge in [0, 0.05) is 24.1 Å². The van der Waals surface area contributed by atoms with E-state index in [0.29, 0.717) is 13.0 Å². The monoisotopic (exact) mass is 319 g/mol. The van der Waals surface area contributed by atoms with Gasteiger partial charge in [-0.15, -0.1) is 11.8 Å². The molecule has 2 aromatic rings. The molecular weight excluding hydrogens is 298 g/mol. The summed E-state index contributed by atoms with van der Waals surface area (Å²) in [6, 6.07) is 11.7. The lowest BCUT2D eigenvalue weighted by molar-refractivity contribution is -0.130. The molecule has 1 aromatic carbocycles. The maximum atomic E-state index is 12.1. The summed E-state index contributed by atoms with van der Waals surface area (Å²) in [6.45, 7) is 2.41. The average molecular weight is 319 g/mol. The molecule has 0 N–H and O–H groups in total. The van der Waals surface area contributed by atoms with Crippen LogP contribution in [-0.2, 0) is 11.3 Å². The summed E-state index contributed by atoms with van der Waals surface area (Å²) in [5, 5.41) is 0. The average Bonchev–Trinajstić information content (AvgIpc) is 2.93. The molecule has 0 bridgehead atoms. The summed E-state index contributed by atoms with van der Waals surface area (Å²) >= 11 is 1.67. The number of methoxy groups -OCH3 is 1. The first kappa shape index (κ1) is 16.5. The van der Waals surface area contributed by atoms with Crippen LogP contribution >= 0.6 is 11.8 Å². The van der Waals surface area contributed by atoms with E-state index in [1.54, 1.807) is 30.8 Å². The van der Waals surface area contributed by atoms with E-state index >= 15 is 0 Å². The van der Waals surface area contributed by atoms with Crippen molar-refractivity contribution < 1.29 is 13.9 Å². The summed E-state index contributed by atoms with van der Waals surface area (Å²) in [6.07, 6.45) is 0.507. The van der Waals surface area contributed by atoms with Gasteiger partial charge < -0.3 is 14.1 Å². The van der Waals surface area contributed by atoms with Crippen LogP contribution in [0.4, 0.5) is 0 Å². The Kier molecular flexibility index (Phi) is 5.95. The molecule has 4 nitrogen and oxygen atoms in total. The van der Waals surface area contributed by atoms with Gasteiger partial charge in [-0.05, 0) is 43.3 Å². The van der Waals surface area contributed by atoms with Gasteiger partial charge in [0.05, 0.1) is 13.7 Å². The van der Waals surface area contributed by atoms with Crippen molar-refractivity contribution in [3.8, 4) is 5.75 Å². The molecule has 0 radical (unpaired) electrons. The van der Waals surface area contributed by atoms with Crippen molar-refractivity contribution >= 4 is 17.7 Å². The van der Waals surface area contributed by atoms with E-state index in [-0.39, 0.29) is 5.91 Å². The van der Waals surface area contributed by atoms with E-state index in [0.717, 1.165) is 27.9 Å². The molecule has 0 saturated carbocycles. The van der Waals surface area contributed by atoms with Crippen LogP contribution in [-0.4, -0.2) is 30.7 Å². The minimum Gasteiger partial charge on any atom is -0.497 e. The summed E-state index contributed by atoms with van der Waals surface area (Å²) in [4.78, 5) is 14.9. The van der Waals surface area contributed by atoms with Crippen LogP contribution in [0.25, 0.3) is 0 Å². The molecule has 0 aliphatic carbocycles. The van der Waals surface area contributed by atoms with Crippen LogP contribution < -0.4 is 4.74 Å². The first-order valence-corrected chi connectivity index (χ1v) is 8.13. The topological polar surface area (TPSA) is 42.7 Å². The molecule has 0 aliphatic rings. The summed E-state index contributed by atoms with van der Waals surface area (Å²) < 4.78 is 10.6. The quantitative estimate of drug-likeness (QED) is 0.729. The minimum absolute atomic E-state index is 0.120. The minimum atomic E-state index is 0.120. The predicted octanol–water partition coefficient (Wildman–Crippen LogP) is 3.74. The van der Waals surface area contributed by atoms with Crippen molar-refractivity contribution in [2.45, 2.75) is 24.8 Å². The Morgan fingerprint density at radius 2 is 1.95 bits per heavy atom. The van der Waals surface area contributed by atoms with Gasteiger partial charge in [-0.1, -0.05) is 0 Å². The van der Waals surface area contributed by atoms with Crippen LogP contribution in [0.2, 0.25) is 0 Å². The number of aryl methyl sites for hydroxylation is 1. The summed E-state index contributed by atoms with van der Waals surface area (Å²) in [7, 11) is 3.45. The SMILES string of the molecule is COc1ccc(SCCC(=O)N(C)Cc2ccc(C)o2)cc1. The number of carbonyl (C=O) groups excluding carboxylic acids is 1. The summed E-state index contributed by atoms with van der Waals surface area (Å²) in [5.41, 5.74) is 0. The Bertz CT molecular complexity index is 607. The van der Waals surface area contributed by atoms with Crippen LogP contribution in [0, 0.1) is 6.92 Å². The number of hydrogen-bond acceptors (Lipinski definition) is 4. The van der Waals surface area contributed by atoms with Crippen molar-refractivity contribution in [2.24, 2.45) is 0 Å². The first-order valence-electron chi connectivity index (χ1n) is 7.14. The molecule has 0 saturated heterocycles. The number of benzene rings is 1. The molecule has 0 aliphatic heterocycles. The van der Waals surface area contributed by atoms with E-state index in [2.05, 4.69) is 0 Å². The fraction of sp³-hybridized carbons (Fsp3) is 0.353. The maximum Gasteiger partial charge on any atom is 0.223 e. The number of thioether (sulfide) groups is 1. The Balaban J connectivity index is 1.74. The Morgan fingerprint density at radius 1 is 1.23 bits per heavy atom. The number of amides is 1. The fourth-order valence-electron chi connectivity index (χ4n) is 2.01. The van der Waals surface area contributed by atoms with Crippen molar-refractivity contribution in [1.29, 1.82) is 0 Å². The fourth-order valence-corrected chi connectivity index (χ4v) is 2.85. The van der Waals surface area contributed by atoms with Gasteiger partial charge in [-0.3, -0.25) is 4.79 Å². The number of furan rings is 1. The highest BCUT2D eigenvalue weighted by molar-refractivity contribution is 7.99. The molecule has 22 heavy (non-hydrogen) atoms. The van der Waals surface area contributed by atoms with Gasteiger partial charge >= 0.3 is 0 Å². The number of rotatable bonds is 7. The second-order valence-electron chi connectivity index (χ2n) is 5.04. The van der Waals surface area contributed by atoms with E-state index < -0.39 is 0 Å². The normalized spacial score (nSPS) is 10.5. The van der Waals surface area contributed by atoms with Crippen LogP contribution in [0.1, 0.15) is 17.9 Å². The zero-order chi connectivity index (χ0) is 15.9. The number of hydrogen-bond donors (Lipinski definition) is 0. The number of ether oxygens (including phenoxy) is 1. The van der Waals surface area contributed by atoms with Gasteiger partial charge in [0.25, 0.3) is 0 Å². The highest BCUT2D eigenvalue weighted by Crippen LogP contribution is 2.22. The lowest BCUT2D eigenvalue weighted by Crippen LogP contribution is -2.26. The second-order valence-corrected chi connectivity index (χ2v) is 6.20. The van der Waals surface area contributed by atoms with Crippen molar-refractivity contribution in [1.82, 2.24) is 4.90 Å². The lowest BCUT2D eigenvalue weighted by atomic mass is 10.3. The Morgan fingerprint density at radius 3 is 2.55 bits per heavy atom. The van der Waals surface area contributed by atoms with Gasteiger partial charge in [0.15, 0.2) is 0 Å². The highest BCUT2D eigenvalue weighted by atomic mass is 32.2. The molecule has 0 unspecified atom stereocenters. The van der Waals surface area contributed by atoms with E-state index in [1.165, 1.54) is 0 Å². The van der Waals surface area contributed by atoms with Gasteiger partial charge in [0.1, 0.15) is 17.3 Å². The first-order chi connectivity index (χ1) is 10.6. The summed E-state index contributed by atoms with van der Waals surface area (Å²) in [5.74, 6) is 3.40. The van der Waals surface area contributed by atoms with Crippen LogP contribution in [0.3, 0.4) is 0 Å². The number of nitrogens with zero attached hydrogens (tertiary/aromatic N) is 1. The molecule has 5 heteroatoms. The molecule has 0 spiro atoms. The largest absolute Gasteiger partial charge is 0.497 e. The third-order valence-electron chi connectivity index (χ3n) is 3.26. The molecule has 1 heterocycles. The molecule has 1 aromatic heterocycles. The standard InChI is InChI=1S/C17H21NO3S/c1-13-4-5-15(21-13)12-18(2)17(19)10-11-22-16-8-6-14(20-3)7-9-16/h4-9H,10-12H2,1-3H3. The predicted molar refractivity (Wildman–Crippen MR) is 88.3 cm³/mol. The third-order valence-corrected chi connectivity index (χ3v) is 4.27. The van der Waals surface area contributed by atoms with E-state index in [4.69, 9.17) is 9.15 Å². The van der Waals surface area contributed by atoms with Crippen molar-refractivity contribution in [2.75, 3.05) is 19.9 Å². The van der Waals surface area contributed by atoms with E-state index in [1.807, 2.05) is 43.3 Å². The molecule has 118 valence electrons. The van der Waals surface area contributed by atoms with Gasteiger partial charge in [-0.25, -0.2) is 0 Å². The molecule has 2 rings (SSSR count). The zero-order valence-electron chi connectivity index (χ0n) is 13.2. The van der Waals surface area contributed by atoms with Gasteiger partial charge in [-0.2, -0.15) is 0 Å². The Labute approximate surface area is 135 Å². The third kappa shape index (κ3) is 4.84.